The highest BCUT2D eigenvalue weighted by molar-refractivity contribution is 7.90. The minimum absolute atomic E-state index is 0.0323. The van der Waals surface area contributed by atoms with E-state index >= 15 is 0 Å². The second-order valence-corrected chi connectivity index (χ2v) is 6.49. The van der Waals surface area contributed by atoms with E-state index in [4.69, 9.17) is 5.26 Å². The predicted octanol–water partition coefficient (Wildman–Crippen LogP) is 2.96. The molecule has 0 fully saturated rings. The second kappa shape index (κ2) is 7.46. The van der Waals surface area contributed by atoms with Crippen molar-refractivity contribution in [2.45, 2.75) is 43.7 Å². The lowest BCUT2D eigenvalue weighted by Crippen LogP contribution is -2.30. The van der Waals surface area contributed by atoms with Crippen LogP contribution in [0.15, 0.2) is 23.1 Å². The Hall–Kier alpha value is -2.08. The summed E-state index contributed by atoms with van der Waals surface area (Å²) >= 11 is 0. The molecule has 0 spiro atoms. The first-order chi connectivity index (χ1) is 10.6. The molecule has 1 N–H and O–H groups in total. The van der Waals surface area contributed by atoms with Crippen molar-refractivity contribution in [1.29, 1.82) is 5.26 Å². The fourth-order valence-corrected chi connectivity index (χ4v) is 2.86. The Morgan fingerprint density at radius 2 is 1.96 bits per heavy atom. The number of alkyl halides is 3. The van der Waals surface area contributed by atoms with Gasteiger partial charge in [-0.1, -0.05) is 19.8 Å². The van der Waals surface area contributed by atoms with Gasteiger partial charge < -0.3 is 0 Å². The molecule has 0 unspecified atom stereocenters. The largest absolute Gasteiger partial charge is 0.417 e. The van der Waals surface area contributed by atoms with Gasteiger partial charge in [0.25, 0.3) is 10.0 Å². The van der Waals surface area contributed by atoms with Gasteiger partial charge >= 0.3 is 6.18 Å². The van der Waals surface area contributed by atoms with Crippen LogP contribution in [-0.4, -0.2) is 14.3 Å². The van der Waals surface area contributed by atoms with Crippen LogP contribution < -0.4 is 4.72 Å². The number of unbranched alkanes of at least 4 members (excludes halogenated alkanes) is 2. The Labute approximate surface area is 132 Å². The van der Waals surface area contributed by atoms with Crippen LogP contribution in [-0.2, 0) is 21.0 Å². The van der Waals surface area contributed by atoms with Crippen molar-refractivity contribution >= 4 is 15.9 Å². The summed E-state index contributed by atoms with van der Waals surface area (Å²) in [6, 6.07) is 3.32. The summed E-state index contributed by atoms with van der Waals surface area (Å²) in [7, 11) is -4.41. The third kappa shape index (κ3) is 5.25. The lowest BCUT2D eigenvalue weighted by molar-refractivity contribution is -0.137. The van der Waals surface area contributed by atoms with E-state index in [0.717, 1.165) is 25.0 Å². The van der Waals surface area contributed by atoms with Crippen LogP contribution in [0, 0.1) is 11.3 Å². The maximum atomic E-state index is 12.8. The summed E-state index contributed by atoms with van der Waals surface area (Å²) in [5, 5.41) is 8.67. The monoisotopic (exact) mass is 348 g/mol. The number of hydrogen-bond acceptors (Lipinski definition) is 4. The molecular weight excluding hydrogens is 333 g/mol. The van der Waals surface area contributed by atoms with Crippen LogP contribution in [0.2, 0.25) is 0 Å². The maximum absolute atomic E-state index is 12.8. The molecule has 0 aliphatic heterocycles. The zero-order valence-corrected chi connectivity index (χ0v) is 13.1. The summed E-state index contributed by atoms with van der Waals surface area (Å²) in [6.45, 7) is 1.91. The minimum atomic E-state index is -4.87. The highest BCUT2D eigenvalue weighted by Crippen LogP contribution is 2.33. The Bertz CT molecular complexity index is 722. The summed E-state index contributed by atoms with van der Waals surface area (Å²) in [5.74, 6) is -0.781. The van der Waals surface area contributed by atoms with Crippen molar-refractivity contribution in [1.82, 2.24) is 4.72 Å². The van der Waals surface area contributed by atoms with Gasteiger partial charge in [0, 0.05) is 6.42 Å². The molecule has 0 radical (unpaired) electrons. The van der Waals surface area contributed by atoms with Crippen molar-refractivity contribution in [2.75, 3.05) is 0 Å². The number of halogens is 3. The third-order valence-corrected chi connectivity index (χ3v) is 4.35. The molecule has 1 amide bonds. The molecule has 0 aromatic heterocycles. The normalized spacial score (nSPS) is 11.8. The zero-order valence-electron chi connectivity index (χ0n) is 12.3. The van der Waals surface area contributed by atoms with Crippen LogP contribution in [0.4, 0.5) is 13.2 Å². The number of hydrogen-bond donors (Lipinski definition) is 1. The van der Waals surface area contributed by atoms with Gasteiger partial charge in [-0.05, 0) is 24.6 Å². The molecule has 9 heteroatoms. The molecule has 0 atom stereocenters. The van der Waals surface area contributed by atoms with Crippen molar-refractivity contribution in [3.63, 3.8) is 0 Å². The number of sulfonamides is 1. The molecule has 0 heterocycles. The Kier molecular flexibility index (Phi) is 6.15. The van der Waals surface area contributed by atoms with Crippen LogP contribution in [0.3, 0.4) is 0 Å². The van der Waals surface area contributed by atoms with E-state index in [1.165, 1.54) is 6.07 Å². The van der Waals surface area contributed by atoms with Gasteiger partial charge in [0.2, 0.25) is 5.91 Å². The zero-order chi connectivity index (χ0) is 17.7. The number of carbonyl (C=O) groups is 1. The quantitative estimate of drug-likeness (QED) is 0.801. The number of nitriles is 1. The second-order valence-electron chi connectivity index (χ2n) is 4.80. The van der Waals surface area contributed by atoms with Crippen LogP contribution in [0.1, 0.15) is 43.7 Å². The maximum Gasteiger partial charge on any atom is 0.417 e. The van der Waals surface area contributed by atoms with Gasteiger partial charge in [-0.15, -0.1) is 0 Å². The topological polar surface area (TPSA) is 87.0 Å². The first kappa shape index (κ1) is 19.0. The Morgan fingerprint density at radius 3 is 2.48 bits per heavy atom. The standard InChI is InChI=1S/C14H15F3N2O3S/c1-2-3-4-5-13(20)19-23(21,22)11-7-6-10(9-18)12(8-11)14(15,16)17/h6-8H,2-5H2,1H3,(H,19,20). The fraction of sp³-hybridized carbons (Fsp3) is 0.429. The Balaban J connectivity index is 3.06. The smallest absolute Gasteiger partial charge is 0.274 e. The summed E-state index contributed by atoms with van der Waals surface area (Å²) in [5.41, 5.74) is -2.05. The van der Waals surface area contributed by atoms with Crippen LogP contribution in [0.25, 0.3) is 0 Å². The van der Waals surface area contributed by atoms with E-state index in [0.29, 0.717) is 12.5 Å². The molecule has 0 saturated carbocycles. The highest BCUT2D eigenvalue weighted by Gasteiger charge is 2.35. The molecule has 23 heavy (non-hydrogen) atoms. The number of amides is 1. The van der Waals surface area contributed by atoms with E-state index in [1.807, 2.05) is 6.92 Å². The van der Waals surface area contributed by atoms with Crippen molar-refractivity contribution < 1.29 is 26.4 Å². The van der Waals surface area contributed by atoms with Crippen molar-refractivity contribution in [3.8, 4) is 6.07 Å². The number of nitrogens with zero attached hydrogens (tertiary/aromatic N) is 1. The highest BCUT2D eigenvalue weighted by atomic mass is 32.2. The van der Waals surface area contributed by atoms with Crippen LogP contribution >= 0.6 is 0 Å². The minimum Gasteiger partial charge on any atom is -0.274 e. The molecule has 0 aliphatic rings. The number of benzene rings is 1. The van der Waals surface area contributed by atoms with Gasteiger partial charge in [-0.3, -0.25) is 4.79 Å². The molecule has 0 aliphatic carbocycles. The molecule has 126 valence electrons. The molecule has 1 aromatic rings. The molecule has 1 aromatic carbocycles. The van der Waals surface area contributed by atoms with E-state index < -0.39 is 38.1 Å². The predicted molar refractivity (Wildman–Crippen MR) is 75.6 cm³/mol. The lowest BCUT2D eigenvalue weighted by atomic mass is 10.1. The average Bonchev–Trinajstić information content (AvgIpc) is 2.45. The number of nitrogens with one attached hydrogen (secondary N) is 1. The van der Waals surface area contributed by atoms with Gasteiger partial charge in [-0.25, -0.2) is 13.1 Å². The molecule has 5 nitrogen and oxygen atoms in total. The van der Waals surface area contributed by atoms with E-state index in [2.05, 4.69) is 0 Å². The summed E-state index contributed by atoms with van der Waals surface area (Å²) in [6.07, 6.45) is -2.84. The molecule has 1 rings (SSSR count). The van der Waals surface area contributed by atoms with E-state index in [1.54, 1.807) is 4.72 Å². The van der Waals surface area contributed by atoms with Gasteiger partial charge in [0.05, 0.1) is 22.1 Å². The molecule has 0 bridgehead atoms. The number of carbonyl (C=O) groups excluding carboxylic acids is 1. The summed E-state index contributed by atoms with van der Waals surface area (Å²) in [4.78, 5) is 10.8. The van der Waals surface area contributed by atoms with Crippen molar-refractivity contribution in [3.05, 3.63) is 29.3 Å². The lowest BCUT2D eigenvalue weighted by Gasteiger charge is -2.12. The van der Waals surface area contributed by atoms with Crippen LogP contribution in [0.5, 0.6) is 0 Å². The van der Waals surface area contributed by atoms with Crippen molar-refractivity contribution in [2.24, 2.45) is 0 Å². The summed E-state index contributed by atoms with van der Waals surface area (Å²) < 4.78 is 64.2. The third-order valence-electron chi connectivity index (χ3n) is 2.98. The first-order valence-electron chi connectivity index (χ1n) is 6.78. The number of rotatable bonds is 6. The van der Waals surface area contributed by atoms with Gasteiger partial charge in [-0.2, -0.15) is 18.4 Å². The SMILES string of the molecule is CCCCCC(=O)NS(=O)(=O)c1ccc(C#N)c(C(F)(F)F)c1. The molecule has 0 saturated heterocycles. The van der Waals surface area contributed by atoms with Gasteiger partial charge in [0.1, 0.15) is 0 Å². The average molecular weight is 348 g/mol. The Morgan fingerprint density at radius 1 is 1.30 bits per heavy atom. The fourth-order valence-electron chi connectivity index (χ4n) is 1.82. The first-order valence-corrected chi connectivity index (χ1v) is 8.27. The van der Waals surface area contributed by atoms with E-state index in [-0.39, 0.29) is 6.42 Å². The van der Waals surface area contributed by atoms with E-state index in [9.17, 15) is 26.4 Å². The molecular formula is C14H15F3N2O3S. The van der Waals surface area contributed by atoms with Gasteiger partial charge in [0.15, 0.2) is 0 Å².